The van der Waals surface area contributed by atoms with Gasteiger partial charge in [-0.2, -0.15) is 5.26 Å². The predicted octanol–water partition coefficient (Wildman–Crippen LogP) is 14.9. The molecule has 0 bridgehead atoms. The van der Waals surface area contributed by atoms with Gasteiger partial charge < -0.3 is 24.5 Å². The number of carboxylic acids is 1. The van der Waals surface area contributed by atoms with Gasteiger partial charge in [0.2, 0.25) is 5.91 Å². The van der Waals surface area contributed by atoms with Crippen molar-refractivity contribution in [3.63, 3.8) is 0 Å². The topological polar surface area (TPSA) is 137 Å². The molecule has 6 aliphatic rings. The second kappa shape index (κ2) is 26.1. The van der Waals surface area contributed by atoms with Gasteiger partial charge >= 0.3 is 5.97 Å². The fourth-order valence-corrected chi connectivity index (χ4v) is 13.9. The molecule has 2 saturated heterocycles. The number of carbonyl (C=O) groups excluding carboxylic acids is 3. The van der Waals surface area contributed by atoms with Crippen LogP contribution in [0.1, 0.15) is 221 Å². The van der Waals surface area contributed by atoms with E-state index in [1.54, 1.807) is 0 Å². The molecule has 2 N–H and O–H groups in total. The number of para-hydroxylation sites is 2. The van der Waals surface area contributed by atoms with Crippen molar-refractivity contribution < 1.29 is 24.3 Å². The lowest BCUT2D eigenvalue weighted by Crippen LogP contribution is -2.55. The second-order valence-electron chi connectivity index (χ2n) is 25.9. The van der Waals surface area contributed by atoms with Gasteiger partial charge in [-0.1, -0.05) is 130 Å². The van der Waals surface area contributed by atoms with Crippen molar-refractivity contribution in [1.29, 1.82) is 5.26 Å². The largest absolute Gasteiger partial charge is 0.481 e. The number of hydrogen-bond acceptors (Lipinski definition) is 6. The molecule has 4 heterocycles. The number of ketones is 2. The Balaban J connectivity index is 0.000000164. The quantitative estimate of drug-likeness (QED) is 0.179. The molecule has 75 heavy (non-hydrogen) atoms. The first-order valence-electron chi connectivity index (χ1n) is 29.3. The molecular formula is C65H97N5O5. The number of rotatable bonds is 8. The van der Waals surface area contributed by atoms with Gasteiger partial charge in [0.05, 0.1) is 12.5 Å². The van der Waals surface area contributed by atoms with Crippen molar-refractivity contribution in [3.8, 4) is 6.07 Å². The van der Waals surface area contributed by atoms with Crippen LogP contribution in [0.15, 0.2) is 60.9 Å². The number of carboxylic acid groups (broad SMARTS) is 1. The molecule has 2 aromatic carbocycles. The number of hydrogen-bond donors (Lipinski definition) is 2. The Morgan fingerprint density at radius 2 is 1.23 bits per heavy atom. The summed E-state index contributed by atoms with van der Waals surface area (Å²) >= 11 is 0. The number of aryl methyl sites for hydroxylation is 2. The van der Waals surface area contributed by atoms with Gasteiger partial charge in [-0.05, 0) is 124 Å². The molecule has 10 nitrogen and oxygen atoms in total. The minimum absolute atomic E-state index is 0.140. The lowest BCUT2D eigenvalue weighted by atomic mass is 9.66. The average Bonchev–Trinajstić information content (AvgIpc) is 3.92. The van der Waals surface area contributed by atoms with Gasteiger partial charge in [0.25, 0.3) is 0 Å². The first-order valence-corrected chi connectivity index (χ1v) is 29.3. The summed E-state index contributed by atoms with van der Waals surface area (Å²) in [5, 5.41) is 23.5. The highest BCUT2D eigenvalue weighted by Crippen LogP contribution is 2.47. The second-order valence-corrected chi connectivity index (χ2v) is 25.9. The van der Waals surface area contributed by atoms with Crippen LogP contribution in [0.3, 0.4) is 0 Å². The highest BCUT2D eigenvalue weighted by molar-refractivity contribution is 5.88. The van der Waals surface area contributed by atoms with Crippen LogP contribution in [0.5, 0.6) is 0 Å². The summed E-state index contributed by atoms with van der Waals surface area (Å²) in [6, 6.07) is 20.0. The number of aromatic nitrogens is 2. The standard InChI is InChI=1S/C24H34N2O.C14H17NO2.C10H15NO.C10H19N.C7H12O/c1-23(2,19-17-25(4)20-11-6-5-10-18(19)20)16-22(27)26-15-9-14-24(3)13-8-7-12-21(24)26;1-14(2,8-13(16)17)11-9-15(3)12-7-5-4-6-10(11)12;1-10(7-4-8-11)6-3-2-5-9(10)12;1-10-6-3-2-5-9(10)11-8-4-7-10;1-6-4-2-3-5-7(6)8/h5-6,10-11,17,21H,7-9,12-16H2,1-4H3;4-7,9H,8H2,1-3H3,(H,16,17);2-7H2,1H3;9,11H,2-8H2,1H3;6H,2-5H2,1H3. The number of nitrogens with one attached hydrogen (secondary N) is 1. The fraction of sp³-hybridized carbons (Fsp3) is 0.677. The molecule has 2 aliphatic heterocycles. The van der Waals surface area contributed by atoms with Crippen LogP contribution < -0.4 is 5.32 Å². The summed E-state index contributed by atoms with van der Waals surface area (Å²) in [5.41, 5.74) is 5.08. The summed E-state index contributed by atoms with van der Waals surface area (Å²) in [6.45, 7) is 19.6. The monoisotopic (exact) mass is 1030 g/mol. The van der Waals surface area contributed by atoms with Gasteiger partial charge in [-0.15, -0.1) is 0 Å². The molecule has 2 aromatic heterocycles. The molecule has 6 atom stereocenters. The normalized spacial score (nSPS) is 26.8. The number of likely N-dealkylation sites (tertiary alicyclic amines) is 1. The molecule has 0 radical (unpaired) electrons. The summed E-state index contributed by atoms with van der Waals surface area (Å²) in [6.07, 6.45) is 30.7. The maximum absolute atomic E-state index is 13.4. The van der Waals surface area contributed by atoms with E-state index in [0.29, 0.717) is 53.1 Å². The van der Waals surface area contributed by atoms with Crippen LogP contribution >= 0.6 is 0 Å². The van der Waals surface area contributed by atoms with Gasteiger partial charge in [0.15, 0.2) is 0 Å². The smallest absolute Gasteiger partial charge is 0.304 e. The fourth-order valence-electron chi connectivity index (χ4n) is 13.9. The predicted molar refractivity (Wildman–Crippen MR) is 307 cm³/mol. The first kappa shape index (κ1) is 59.5. The highest BCUT2D eigenvalue weighted by atomic mass is 16.4. The minimum atomic E-state index is -0.761. The van der Waals surface area contributed by atoms with Crippen LogP contribution in [0.25, 0.3) is 21.8 Å². The van der Waals surface area contributed by atoms with Crippen molar-refractivity contribution in [2.24, 2.45) is 36.3 Å². The third kappa shape index (κ3) is 15.1. The maximum Gasteiger partial charge on any atom is 0.304 e. The molecule has 412 valence electrons. The van der Waals surface area contributed by atoms with Crippen LogP contribution in [0.2, 0.25) is 0 Å². The molecule has 0 spiro atoms. The number of nitrogens with zero attached hydrogens (tertiary/aromatic N) is 4. The molecule has 6 unspecified atom stereocenters. The summed E-state index contributed by atoms with van der Waals surface area (Å²) < 4.78 is 4.24. The Labute approximate surface area is 452 Å². The average molecular weight is 1030 g/mol. The lowest BCUT2D eigenvalue weighted by Gasteiger charge is -2.51. The number of piperidine rings is 2. The van der Waals surface area contributed by atoms with E-state index in [-0.39, 0.29) is 22.7 Å². The minimum Gasteiger partial charge on any atom is -0.481 e. The van der Waals surface area contributed by atoms with E-state index in [1.165, 1.54) is 100 Å². The Morgan fingerprint density at radius 1 is 0.693 bits per heavy atom. The van der Waals surface area contributed by atoms with Crippen molar-refractivity contribution in [3.05, 3.63) is 72.1 Å². The molecule has 10 rings (SSSR count). The number of benzene rings is 2. The molecule has 6 fully saturated rings. The summed E-state index contributed by atoms with van der Waals surface area (Å²) in [5.74, 6) is 0.790. The molecule has 4 aromatic rings. The molecule has 1 amide bonds. The Morgan fingerprint density at radius 3 is 1.79 bits per heavy atom. The van der Waals surface area contributed by atoms with E-state index >= 15 is 0 Å². The number of aliphatic carboxylic acids is 1. The zero-order valence-electron chi connectivity index (χ0n) is 48.3. The van der Waals surface area contributed by atoms with Gasteiger partial charge in [0.1, 0.15) is 11.6 Å². The lowest BCUT2D eigenvalue weighted by molar-refractivity contribution is -0.142. The van der Waals surface area contributed by atoms with E-state index in [2.05, 4.69) is 92.1 Å². The molecule has 10 heteroatoms. The van der Waals surface area contributed by atoms with E-state index in [0.717, 1.165) is 86.8 Å². The number of amides is 1. The highest BCUT2D eigenvalue weighted by Gasteiger charge is 2.45. The molecule has 4 aliphatic carbocycles. The van der Waals surface area contributed by atoms with Gasteiger partial charge in [-0.3, -0.25) is 19.2 Å². The summed E-state index contributed by atoms with van der Waals surface area (Å²) in [7, 11) is 4.09. The number of nitriles is 1. The number of fused-ring (bicyclic) bond motifs is 4. The Bertz CT molecular complexity index is 2580. The van der Waals surface area contributed by atoms with Gasteiger partial charge in [0, 0.05) is 115 Å². The van der Waals surface area contributed by atoms with E-state index < -0.39 is 5.97 Å². The Kier molecular flexibility index (Phi) is 20.7. The first-order chi connectivity index (χ1) is 35.5. The number of carbonyl (C=O) groups is 4. The van der Waals surface area contributed by atoms with Crippen molar-refractivity contribution in [1.82, 2.24) is 19.4 Å². The van der Waals surface area contributed by atoms with Crippen molar-refractivity contribution in [2.45, 2.75) is 232 Å². The van der Waals surface area contributed by atoms with Crippen LogP contribution in [0, 0.1) is 33.5 Å². The SMILES string of the molecule is CC1(CCC#N)CCCCC1=O.CC12CCCCC1NCCC2.CC1CCCCC1=O.Cn1cc(C(C)(C)CC(=O)N2CCCC3(C)CCCCC23)c2ccccc21.Cn1cc(C(C)(C)CC(=O)O)c2ccccc21. The maximum atomic E-state index is 13.4. The van der Waals surface area contributed by atoms with Crippen LogP contribution in [-0.4, -0.2) is 67.8 Å². The number of Topliss-reactive ketones (excluding diaryl/α,β-unsaturated/α-hetero) is 2. The van der Waals surface area contributed by atoms with Crippen molar-refractivity contribution in [2.75, 3.05) is 13.1 Å². The zero-order chi connectivity index (χ0) is 54.6. The molecule has 4 saturated carbocycles. The van der Waals surface area contributed by atoms with Gasteiger partial charge in [-0.25, -0.2) is 0 Å². The van der Waals surface area contributed by atoms with E-state index in [9.17, 15) is 19.2 Å². The van der Waals surface area contributed by atoms with Crippen LogP contribution in [-0.2, 0) is 44.1 Å². The summed E-state index contributed by atoms with van der Waals surface area (Å²) in [4.78, 5) is 48.9. The van der Waals surface area contributed by atoms with Crippen molar-refractivity contribution >= 4 is 45.2 Å². The van der Waals surface area contributed by atoms with E-state index in [1.807, 2.05) is 63.7 Å². The Hall–Kier alpha value is -4.75. The zero-order valence-corrected chi connectivity index (χ0v) is 48.3. The third-order valence-electron chi connectivity index (χ3n) is 18.9. The van der Waals surface area contributed by atoms with Crippen LogP contribution in [0.4, 0.5) is 0 Å². The third-order valence-corrected chi connectivity index (χ3v) is 18.9. The molecular weight excluding hydrogens is 931 g/mol. The van der Waals surface area contributed by atoms with E-state index in [4.69, 9.17) is 10.4 Å².